The first-order chi connectivity index (χ1) is 9.63. The molecule has 0 aliphatic rings. The predicted octanol–water partition coefficient (Wildman–Crippen LogP) is 3.96. The molecule has 0 saturated carbocycles. The van der Waals surface area contributed by atoms with Crippen molar-refractivity contribution in [2.24, 2.45) is 0 Å². The van der Waals surface area contributed by atoms with Crippen LogP contribution in [0.4, 0.5) is 10.1 Å². The van der Waals surface area contributed by atoms with Crippen molar-refractivity contribution in [3.05, 3.63) is 28.5 Å². The minimum atomic E-state index is -0.639. The van der Waals surface area contributed by atoms with E-state index in [1.807, 2.05) is 0 Å². The van der Waals surface area contributed by atoms with Gasteiger partial charge in [-0.2, -0.15) is 0 Å². The molecule has 0 aromatic heterocycles. The topological polar surface area (TPSA) is 41.5 Å². The molecule has 2 N–H and O–H groups in total. The summed E-state index contributed by atoms with van der Waals surface area (Å²) in [6.45, 7) is 3.37. The van der Waals surface area contributed by atoms with Crippen molar-refractivity contribution < 1.29 is 14.2 Å². The van der Waals surface area contributed by atoms with Crippen LogP contribution in [0.2, 0.25) is 0 Å². The molecule has 0 amide bonds. The minimum Gasteiger partial charge on any atom is -0.389 e. The fourth-order valence-corrected chi connectivity index (χ4v) is 2.13. The maximum absolute atomic E-state index is 13.4. The molecule has 5 heteroatoms. The number of nitrogens with one attached hydrogen (secondary N) is 1. The second-order valence-corrected chi connectivity index (χ2v) is 5.71. The van der Waals surface area contributed by atoms with E-state index in [0.717, 1.165) is 17.3 Å². The fraction of sp³-hybridized carbons (Fsp3) is 0.600. The number of anilines is 1. The molecule has 1 aromatic carbocycles. The molecule has 0 saturated heterocycles. The van der Waals surface area contributed by atoms with E-state index in [1.165, 1.54) is 18.9 Å². The summed E-state index contributed by atoms with van der Waals surface area (Å²) in [5.74, 6) is -0.333. The van der Waals surface area contributed by atoms with Crippen LogP contribution in [0.5, 0.6) is 0 Å². The van der Waals surface area contributed by atoms with E-state index >= 15 is 0 Å². The molecule has 0 aliphatic carbocycles. The number of ether oxygens (including phenoxy) is 1. The Morgan fingerprint density at radius 3 is 2.90 bits per heavy atom. The van der Waals surface area contributed by atoms with Gasteiger partial charge in [0.2, 0.25) is 0 Å². The molecule has 0 fully saturated rings. The van der Waals surface area contributed by atoms with E-state index in [4.69, 9.17) is 4.74 Å². The van der Waals surface area contributed by atoms with E-state index in [-0.39, 0.29) is 19.0 Å². The summed E-state index contributed by atoms with van der Waals surface area (Å²) in [6.07, 6.45) is 3.96. The number of benzene rings is 1. The Labute approximate surface area is 128 Å². The molecule has 0 radical (unpaired) electrons. The summed E-state index contributed by atoms with van der Waals surface area (Å²) < 4.78 is 19.6. The van der Waals surface area contributed by atoms with E-state index < -0.39 is 6.10 Å². The van der Waals surface area contributed by atoms with Gasteiger partial charge < -0.3 is 15.2 Å². The van der Waals surface area contributed by atoms with Crippen molar-refractivity contribution in [3.63, 3.8) is 0 Å². The third kappa shape index (κ3) is 7.22. The Morgan fingerprint density at radius 1 is 1.35 bits per heavy atom. The maximum atomic E-state index is 13.4. The summed E-state index contributed by atoms with van der Waals surface area (Å²) in [5.41, 5.74) is 0.376. The Kier molecular flexibility index (Phi) is 8.82. The SMILES string of the molecule is CCCCCCOCC(O)CNc1cc(Br)ccc1F. The van der Waals surface area contributed by atoms with Crippen LogP contribution in [-0.4, -0.2) is 31.0 Å². The van der Waals surface area contributed by atoms with Crippen LogP contribution in [0, 0.1) is 5.82 Å². The van der Waals surface area contributed by atoms with Gasteiger partial charge in [-0.15, -0.1) is 0 Å². The first-order valence-corrected chi connectivity index (χ1v) is 7.87. The molecular formula is C15H23BrFNO2. The lowest BCUT2D eigenvalue weighted by Gasteiger charge is -2.14. The average Bonchev–Trinajstić information content (AvgIpc) is 2.43. The van der Waals surface area contributed by atoms with Gasteiger partial charge >= 0.3 is 0 Å². The van der Waals surface area contributed by atoms with E-state index in [0.29, 0.717) is 12.3 Å². The van der Waals surface area contributed by atoms with Crippen LogP contribution in [0.3, 0.4) is 0 Å². The van der Waals surface area contributed by atoms with Crippen molar-refractivity contribution in [2.45, 2.75) is 38.7 Å². The molecule has 0 spiro atoms. The third-order valence-electron chi connectivity index (χ3n) is 2.91. The van der Waals surface area contributed by atoms with Gasteiger partial charge in [0.05, 0.1) is 18.4 Å². The molecule has 1 aromatic rings. The number of aliphatic hydroxyl groups excluding tert-OH is 1. The van der Waals surface area contributed by atoms with Gasteiger partial charge in [0, 0.05) is 17.6 Å². The molecule has 1 unspecified atom stereocenters. The summed E-state index contributed by atoms with van der Waals surface area (Å²) in [4.78, 5) is 0. The van der Waals surface area contributed by atoms with Crippen molar-refractivity contribution in [2.75, 3.05) is 25.1 Å². The van der Waals surface area contributed by atoms with Gasteiger partial charge in [0.25, 0.3) is 0 Å². The van der Waals surface area contributed by atoms with Gasteiger partial charge in [0.1, 0.15) is 5.82 Å². The highest BCUT2D eigenvalue weighted by molar-refractivity contribution is 9.10. The Hall–Kier alpha value is -0.650. The van der Waals surface area contributed by atoms with E-state index in [1.54, 1.807) is 12.1 Å². The van der Waals surface area contributed by atoms with Gasteiger partial charge in [0.15, 0.2) is 0 Å². The summed E-state index contributed by atoms with van der Waals surface area (Å²) >= 11 is 3.28. The smallest absolute Gasteiger partial charge is 0.146 e. The maximum Gasteiger partial charge on any atom is 0.146 e. The number of halogens is 2. The number of aliphatic hydroxyl groups is 1. The second kappa shape index (κ2) is 10.1. The van der Waals surface area contributed by atoms with Crippen molar-refractivity contribution >= 4 is 21.6 Å². The highest BCUT2D eigenvalue weighted by atomic mass is 79.9. The largest absolute Gasteiger partial charge is 0.389 e. The minimum absolute atomic E-state index is 0.266. The zero-order chi connectivity index (χ0) is 14.8. The highest BCUT2D eigenvalue weighted by Crippen LogP contribution is 2.19. The third-order valence-corrected chi connectivity index (χ3v) is 3.40. The normalized spacial score (nSPS) is 12.4. The van der Waals surface area contributed by atoms with Crippen molar-refractivity contribution in [3.8, 4) is 0 Å². The van der Waals surface area contributed by atoms with Crippen molar-refractivity contribution in [1.82, 2.24) is 0 Å². The lowest BCUT2D eigenvalue weighted by Crippen LogP contribution is -2.25. The second-order valence-electron chi connectivity index (χ2n) is 4.79. The number of rotatable bonds is 10. The lowest BCUT2D eigenvalue weighted by atomic mass is 10.2. The molecule has 0 heterocycles. The first-order valence-electron chi connectivity index (χ1n) is 7.08. The molecule has 1 atom stereocenters. The Bertz CT molecular complexity index is 390. The summed E-state index contributed by atoms with van der Waals surface area (Å²) in [7, 11) is 0. The van der Waals surface area contributed by atoms with E-state index in [9.17, 15) is 9.50 Å². The van der Waals surface area contributed by atoms with Gasteiger partial charge in [-0.05, 0) is 24.6 Å². The highest BCUT2D eigenvalue weighted by Gasteiger charge is 2.07. The molecule has 1 rings (SSSR count). The zero-order valence-electron chi connectivity index (χ0n) is 11.9. The van der Waals surface area contributed by atoms with Crippen molar-refractivity contribution in [1.29, 1.82) is 0 Å². The van der Waals surface area contributed by atoms with Crippen LogP contribution in [0.1, 0.15) is 32.6 Å². The number of unbranched alkanes of at least 4 members (excludes halogenated alkanes) is 3. The molecule has 114 valence electrons. The lowest BCUT2D eigenvalue weighted by molar-refractivity contribution is 0.0416. The van der Waals surface area contributed by atoms with Crippen LogP contribution < -0.4 is 5.32 Å². The molecule has 0 aliphatic heterocycles. The van der Waals surface area contributed by atoms with E-state index in [2.05, 4.69) is 28.2 Å². The predicted molar refractivity (Wildman–Crippen MR) is 83.6 cm³/mol. The van der Waals surface area contributed by atoms with Crippen LogP contribution in [0.25, 0.3) is 0 Å². The summed E-state index contributed by atoms with van der Waals surface area (Å²) in [5, 5.41) is 12.6. The number of hydrogen-bond acceptors (Lipinski definition) is 3. The first kappa shape index (κ1) is 17.4. The fourth-order valence-electron chi connectivity index (χ4n) is 1.77. The standard InChI is InChI=1S/C15H23BrFNO2/c1-2-3-4-5-8-20-11-13(19)10-18-15-9-12(16)6-7-14(15)17/h6-7,9,13,18-19H,2-5,8,10-11H2,1H3. The zero-order valence-corrected chi connectivity index (χ0v) is 13.5. The summed E-state index contributed by atoms with van der Waals surface area (Å²) in [6, 6.07) is 4.66. The molecule has 20 heavy (non-hydrogen) atoms. The Balaban J connectivity index is 2.16. The molecule has 3 nitrogen and oxygen atoms in total. The monoisotopic (exact) mass is 347 g/mol. The molecule has 0 bridgehead atoms. The van der Waals surface area contributed by atoms with Crippen LogP contribution >= 0.6 is 15.9 Å². The van der Waals surface area contributed by atoms with Crippen LogP contribution in [0.15, 0.2) is 22.7 Å². The van der Waals surface area contributed by atoms with Crippen LogP contribution in [-0.2, 0) is 4.74 Å². The average molecular weight is 348 g/mol. The molecular weight excluding hydrogens is 325 g/mol. The van der Waals surface area contributed by atoms with Gasteiger partial charge in [-0.1, -0.05) is 42.1 Å². The quantitative estimate of drug-likeness (QED) is 0.629. The number of hydrogen-bond donors (Lipinski definition) is 2. The van der Waals surface area contributed by atoms with Gasteiger partial charge in [-0.25, -0.2) is 4.39 Å². The van der Waals surface area contributed by atoms with Gasteiger partial charge in [-0.3, -0.25) is 0 Å². The Morgan fingerprint density at radius 2 is 2.15 bits per heavy atom.